The Balaban J connectivity index is 1.70. The molecule has 1 fully saturated rings. The van der Waals surface area contributed by atoms with E-state index in [1.54, 1.807) is 35.1 Å². The molecule has 0 aliphatic heterocycles. The van der Waals surface area contributed by atoms with E-state index in [2.05, 4.69) is 38.1 Å². The van der Waals surface area contributed by atoms with Crippen molar-refractivity contribution in [1.82, 2.24) is 15.1 Å². The molecule has 160 valence electrons. The molecule has 0 bridgehead atoms. The number of carbonyl (C=O) groups is 1. The average molecular weight is 431 g/mol. The first kappa shape index (κ1) is 22.1. The molecule has 3 rings (SSSR count). The van der Waals surface area contributed by atoms with Gasteiger partial charge in [0.05, 0.1) is 10.6 Å². The minimum absolute atomic E-state index is 0.0810. The number of rotatable bonds is 7. The van der Waals surface area contributed by atoms with Crippen LogP contribution in [0, 0.1) is 22.2 Å². The smallest absolute Gasteiger partial charge is 0.272 e. The van der Waals surface area contributed by atoms with Gasteiger partial charge in [0.1, 0.15) is 23.6 Å². The zero-order chi connectivity index (χ0) is 22.1. The first-order chi connectivity index (χ1) is 14.1. The second-order valence-corrected chi connectivity index (χ2v) is 9.25. The van der Waals surface area contributed by atoms with Gasteiger partial charge >= 0.3 is 0 Å². The van der Waals surface area contributed by atoms with Gasteiger partial charge in [0.2, 0.25) is 0 Å². The van der Waals surface area contributed by atoms with E-state index in [-0.39, 0.29) is 35.5 Å². The van der Waals surface area contributed by atoms with Crippen LogP contribution in [0.1, 0.15) is 50.2 Å². The second-order valence-electron chi connectivity index (χ2n) is 8.84. The zero-order valence-electron chi connectivity index (χ0n) is 17.6. The molecule has 1 aromatic carbocycles. The van der Waals surface area contributed by atoms with Crippen LogP contribution in [0.5, 0.6) is 5.75 Å². The predicted molar refractivity (Wildman–Crippen MR) is 113 cm³/mol. The summed E-state index contributed by atoms with van der Waals surface area (Å²) >= 11 is 6.13. The predicted octanol–water partition coefficient (Wildman–Crippen LogP) is 3.40. The SMILES string of the molecule is CC1(C)[C@H](NC(=O)c2ccn(CCCO)n2)C(C)(C)[C@H]1Oc1ccc(C#N)c(Cl)c1. The highest BCUT2D eigenvalue weighted by Gasteiger charge is 2.64. The van der Waals surface area contributed by atoms with Crippen LogP contribution in [-0.2, 0) is 6.54 Å². The van der Waals surface area contributed by atoms with E-state index in [0.717, 1.165) is 0 Å². The van der Waals surface area contributed by atoms with Crippen molar-refractivity contribution in [3.8, 4) is 11.8 Å². The zero-order valence-corrected chi connectivity index (χ0v) is 18.4. The molecule has 1 aliphatic carbocycles. The van der Waals surface area contributed by atoms with Crippen LogP contribution in [-0.4, -0.2) is 39.5 Å². The maximum Gasteiger partial charge on any atom is 0.272 e. The van der Waals surface area contributed by atoms with Crippen LogP contribution in [0.25, 0.3) is 0 Å². The lowest BCUT2D eigenvalue weighted by atomic mass is 9.49. The molecule has 1 aliphatic rings. The number of halogens is 1. The second kappa shape index (κ2) is 8.29. The number of nitrogens with zero attached hydrogens (tertiary/aromatic N) is 3. The molecule has 1 aromatic heterocycles. The van der Waals surface area contributed by atoms with Crippen molar-refractivity contribution in [2.45, 2.75) is 52.8 Å². The maximum absolute atomic E-state index is 12.8. The van der Waals surface area contributed by atoms with E-state index in [1.165, 1.54) is 0 Å². The Morgan fingerprint density at radius 1 is 1.33 bits per heavy atom. The molecule has 2 N–H and O–H groups in total. The van der Waals surface area contributed by atoms with E-state index in [0.29, 0.717) is 35.0 Å². The molecule has 0 atom stereocenters. The summed E-state index contributed by atoms with van der Waals surface area (Å²) in [7, 11) is 0. The van der Waals surface area contributed by atoms with Crippen LogP contribution in [0.3, 0.4) is 0 Å². The number of aliphatic hydroxyl groups excluding tert-OH is 1. The number of hydrogen-bond donors (Lipinski definition) is 2. The average Bonchev–Trinajstić information content (AvgIpc) is 3.17. The number of aromatic nitrogens is 2. The quantitative estimate of drug-likeness (QED) is 0.701. The lowest BCUT2D eigenvalue weighted by molar-refractivity contribution is -0.164. The van der Waals surface area contributed by atoms with Gasteiger partial charge in [0.25, 0.3) is 5.91 Å². The third-order valence-electron chi connectivity index (χ3n) is 5.85. The highest BCUT2D eigenvalue weighted by molar-refractivity contribution is 6.31. The van der Waals surface area contributed by atoms with E-state index >= 15 is 0 Å². The summed E-state index contributed by atoms with van der Waals surface area (Å²) in [6.45, 7) is 8.86. The number of amides is 1. The van der Waals surface area contributed by atoms with Gasteiger partial charge in [-0.15, -0.1) is 0 Å². The van der Waals surface area contributed by atoms with Gasteiger partial charge in [-0.1, -0.05) is 39.3 Å². The largest absolute Gasteiger partial charge is 0.489 e. The van der Waals surface area contributed by atoms with Crippen molar-refractivity contribution >= 4 is 17.5 Å². The van der Waals surface area contributed by atoms with Gasteiger partial charge in [0, 0.05) is 42.3 Å². The van der Waals surface area contributed by atoms with Crippen LogP contribution in [0.15, 0.2) is 30.5 Å². The molecular formula is C22H27ClN4O3. The Hall–Kier alpha value is -2.56. The summed E-state index contributed by atoms with van der Waals surface area (Å²) in [5, 5.41) is 25.7. The van der Waals surface area contributed by atoms with E-state index in [4.69, 9.17) is 26.7 Å². The maximum atomic E-state index is 12.8. The van der Waals surface area contributed by atoms with E-state index in [9.17, 15) is 4.79 Å². The fraction of sp³-hybridized carbons (Fsp3) is 0.500. The Labute approximate surface area is 181 Å². The Kier molecular flexibility index (Phi) is 6.11. The monoisotopic (exact) mass is 430 g/mol. The van der Waals surface area contributed by atoms with Crippen molar-refractivity contribution in [1.29, 1.82) is 5.26 Å². The number of nitrogens with one attached hydrogen (secondary N) is 1. The number of aryl methyl sites for hydroxylation is 1. The first-order valence-corrected chi connectivity index (χ1v) is 10.3. The number of nitriles is 1. The van der Waals surface area contributed by atoms with Gasteiger partial charge in [-0.05, 0) is 24.6 Å². The summed E-state index contributed by atoms with van der Waals surface area (Å²) in [4.78, 5) is 12.8. The lowest BCUT2D eigenvalue weighted by Gasteiger charge is -2.63. The highest BCUT2D eigenvalue weighted by Crippen LogP contribution is 2.55. The molecule has 0 unspecified atom stereocenters. The van der Waals surface area contributed by atoms with Crippen LogP contribution in [0.2, 0.25) is 5.02 Å². The van der Waals surface area contributed by atoms with Gasteiger partial charge in [-0.3, -0.25) is 9.48 Å². The Bertz CT molecular complexity index is 961. The van der Waals surface area contributed by atoms with Crippen LogP contribution in [0.4, 0.5) is 0 Å². The minimum Gasteiger partial charge on any atom is -0.489 e. The van der Waals surface area contributed by atoms with Gasteiger partial charge in [0.15, 0.2) is 0 Å². The standard InChI is InChI=1S/C22H27ClN4O3/c1-21(2)19(25-18(29)17-8-10-27(26-17)9-5-11-28)22(3,4)20(21)30-15-7-6-14(13-24)16(23)12-15/h6-8,10,12,19-20,28H,5,9,11H2,1-4H3,(H,25,29)/t19-,20-. The number of ether oxygens (including phenoxy) is 1. The number of aliphatic hydroxyl groups is 1. The third kappa shape index (κ3) is 4.03. The summed E-state index contributed by atoms with van der Waals surface area (Å²) in [5.41, 5.74) is 0.0836. The molecule has 1 amide bonds. The Morgan fingerprint density at radius 3 is 2.63 bits per heavy atom. The molecule has 30 heavy (non-hydrogen) atoms. The highest BCUT2D eigenvalue weighted by atomic mass is 35.5. The van der Waals surface area contributed by atoms with Crippen molar-refractivity contribution in [3.05, 3.63) is 46.7 Å². The molecule has 8 heteroatoms. The lowest BCUT2D eigenvalue weighted by Crippen LogP contribution is -2.74. The van der Waals surface area contributed by atoms with Crippen LogP contribution >= 0.6 is 11.6 Å². The molecule has 0 spiro atoms. The fourth-order valence-corrected chi connectivity index (χ4v) is 4.85. The number of hydrogen-bond acceptors (Lipinski definition) is 5. The molecule has 0 radical (unpaired) electrons. The van der Waals surface area contributed by atoms with Crippen molar-refractivity contribution in [3.63, 3.8) is 0 Å². The summed E-state index contributed by atoms with van der Waals surface area (Å²) < 4.78 is 7.89. The molecule has 1 heterocycles. The minimum atomic E-state index is -0.334. The van der Waals surface area contributed by atoms with Gasteiger partial charge < -0.3 is 15.2 Å². The van der Waals surface area contributed by atoms with Gasteiger partial charge in [-0.25, -0.2) is 0 Å². The van der Waals surface area contributed by atoms with Crippen molar-refractivity contribution in [2.75, 3.05) is 6.61 Å². The summed E-state index contributed by atoms with van der Waals surface area (Å²) in [6, 6.07) is 8.62. The normalized spacial score (nSPS) is 21.4. The molecule has 7 nitrogen and oxygen atoms in total. The molecule has 1 saturated carbocycles. The number of carbonyl (C=O) groups excluding carboxylic acids is 1. The van der Waals surface area contributed by atoms with E-state index < -0.39 is 0 Å². The third-order valence-corrected chi connectivity index (χ3v) is 6.16. The van der Waals surface area contributed by atoms with Gasteiger partial charge in [-0.2, -0.15) is 10.4 Å². The molecule has 2 aromatic rings. The molecule has 0 saturated heterocycles. The molecular weight excluding hydrogens is 404 g/mol. The Morgan fingerprint density at radius 2 is 2.03 bits per heavy atom. The number of benzene rings is 1. The first-order valence-electron chi connectivity index (χ1n) is 9.92. The van der Waals surface area contributed by atoms with Crippen LogP contribution < -0.4 is 10.1 Å². The fourth-order valence-electron chi connectivity index (χ4n) is 4.64. The topological polar surface area (TPSA) is 100 Å². The summed E-state index contributed by atoms with van der Waals surface area (Å²) in [5.74, 6) is 0.362. The van der Waals surface area contributed by atoms with Crippen molar-refractivity contribution < 1.29 is 14.6 Å². The van der Waals surface area contributed by atoms with Crippen molar-refractivity contribution in [2.24, 2.45) is 10.8 Å². The summed E-state index contributed by atoms with van der Waals surface area (Å²) in [6.07, 6.45) is 2.16. The van der Waals surface area contributed by atoms with E-state index in [1.807, 2.05) is 6.07 Å².